The average molecular weight is 335 g/mol. The van der Waals surface area contributed by atoms with E-state index in [4.69, 9.17) is 19.6 Å². The summed E-state index contributed by atoms with van der Waals surface area (Å²) in [5.74, 6) is 0. The van der Waals surface area contributed by atoms with Crippen molar-refractivity contribution in [2.24, 2.45) is 0 Å². The normalized spacial score (nSPS) is 20.4. The maximum absolute atomic E-state index is 10.9. The molecule has 0 aliphatic heterocycles. The van der Waals surface area contributed by atoms with Gasteiger partial charge in [-0.2, -0.15) is 8.62 Å². The third-order valence-electron chi connectivity index (χ3n) is 0.735. The van der Waals surface area contributed by atoms with Crippen LogP contribution in [-0.4, -0.2) is 26.7 Å². The van der Waals surface area contributed by atoms with Crippen molar-refractivity contribution in [3.05, 3.63) is 0 Å². The molecule has 0 fully saturated rings. The first-order chi connectivity index (χ1) is 7.37. The van der Waals surface area contributed by atoms with Gasteiger partial charge in [0.15, 0.2) is 0 Å². The third-order valence-corrected chi connectivity index (χ3v) is 5.72. The van der Waals surface area contributed by atoms with Crippen LogP contribution in [0.3, 0.4) is 0 Å². The number of rotatable bonds is 7. The van der Waals surface area contributed by atoms with Gasteiger partial charge in [0.25, 0.3) is 0 Å². The molecule has 0 aromatic heterocycles. The highest BCUT2D eigenvalue weighted by Crippen LogP contribution is 2.68. The van der Waals surface area contributed by atoms with Gasteiger partial charge < -0.3 is 14.7 Å². The molecule has 0 bridgehead atoms. The van der Waals surface area contributed by atoms with Gasteiger partial charge in [-0.05, 0) is 4.31 Å². The van der Waals surface area contributed by atoms with Crippen LogP contribution >= 0.6 is 31.7 Å². The van der Waals surface area contributed by atoms with Crippen molar-refractivity contribution in [1.29, 1.82) is 0 Å². The molecule has 0 rings (SSSR count). The molecule has 3 unspecified atom stereocenters. The van der Waals surface area contributed by atoms with Crippen molar-refractivity contribution >= 4 is 31.7 Å². The van der Waals surface area contributed by atoms with Crippen molar-refractivity contribution in [2.75, 3.05) is 7.11 Å². The number of phosphoric acid groups is 3. The highest BCUT2D eigenvalue weighted by Gasteiger charge is 2.46. The first-order valence-electron chi connectivity index (χ1n) is 3.22. The minimum atomic E-state index is -5.59. The van der Waals surface area contributed by atoms with E-state index in [2.05, 4.69) is 17.5 Å². The summed E-state index contributed by atoms with van der Waals surface area (Å²) in [5.41, 5.74) is 0. The van der Waals surface area contributed by atoms with Crippen LogP contribution < -0.4 is 0 Å². The van der Waals surface area contributed by atoms with Crippen LogP contribution in [0.4, 0.5) is 0 Å². The van der Waals surface area contributed by atoms with Gasteiger partial charge in [0.05, 0.1) is 7.11 Å². The molecule has 0 aliphatic rings. The lowest BCUT2D eigenvalue weighted by Gasteiger charge is -2.12. The molecule has 0 aromatic carbocycles. The molecular weight excluding hydrogens is 328 g/mol. The van der Waals surface area contributed by atoms with Gasteiger partial charge in [-0.15, -0.1) is 4.52 Å². The van der Waals surface area contributed by atoms with Crippen LogP contribution in [0.2, 0.25) is 0 Å². The Balaban J connectivity index is 4.71. The van der Waals surface area contributed by atoms with Crippen LogP contribution in [-0.2, 0) is 35.7 Å². The highest BCUT2D eigenvalue weighted by molar-refractivity contribution is 7.68. The van der Waals surface area contributed by atoms with Crippen LogP contribution in [0.1, 0.15) is 0 Å². The van der Waals surface area contributed by atoms with Crippen molar-refractivity contribution < 1.29 is 55.3 Å². The molecular formula is CH7O12P4+. The Labute approximate surface area is 94.9 Å². The standard InChI is InChI=1S/CH6O12P4/c1-10-14(2)11-16(6,7)13-17(8,9)12-15(3,4)5/h1H3,(H3-,3,4,5,6,7,8,9)/p+1. The van der Waals surface area contributed by atoms with Crippen LogP contribution in [0.15, 0.2) is 0 Å². The predicted octanol–water partition coefficient (Wildman–Crippen LogP) is 0.633. The second kappa shape index (κ2) is 6.08. The van der Waals surface area contributed by atoms with E-state index in [0.717, 1.165) is 7.11 Å². The topological polar surface area (TPSA) is 186 Å². The Morgan fingerprint density at radius 2 is 1.41 bits per heavy atom. The summed E-state index contributed by atoms with van der Waals surface area (Å²) in [6, 6.07) is 0. The minimum absolute atomic E-state index is 0.823. The Bertz CT molecular complexity index is 416. The summed E-state index contributed by atoms with van der Waals surface area (Å²) >= 11 is 0. The van der Waals surface area contributed by atoms with Crippen molar-refractivity contribution in [3.63, 3.8) is 0 Å². The molecule has 0 aliphatic carbocycles. The molecule has 0 aromatic rings. The minimum Gasteiger partial charge on any atom is -0.302 e. The average Bonchev–Trinajstić information content (AvgIpc) is 1.94. The predicted molar refractivity (Wildman–Crippen MR) is 49.6 cm³/mol. The second-order valence-electron chi connectivity index (χ2n) is 2.08. The van der Waals surface area contributed by atoms with E-state index in [1.54, 1.807) is 0 Å². The van der Waals surface area contributed by atoms with Crippen LogP contribution in [0.25, 0.3) is 0 Å². The lowest BCUT2D eigenvalue weighted by molar-refractivity contribution is 0.204. The lowest BCUT2D eigenvalue weighted by Crippen LogP contribution is -1.93. The molecule has 0 saturated carbocycles. The quantitative estimate of drug-likeness (QED) is 0.476. The SMILES string of the molecule is CO[P+](=O)OP(=O)(O)OP(=O)(O)OP(=O)(O)O. The first-order valence-corrected chi connectivity index (χ1v) is 8.83. The van der Waals surface area contributed by atoms with Gasteiger partial charge in [-0.1, -0.05) is 0 Å². The monoisotopic (exact) mass is 335 g/mol. The van der Waals surface area contributed by atoms with Gasteiger partial charge in [0, 0.05) is 4.57 Å². The Morgan fingerprint density at radius 3 is 1.76 bits per heavy atom. The Hall–Kier alpha value is 0.470. The summed E-state index contributed by atoms with van der Waals surface area (Å²) in [6.45, 7) is 0. The fourth-order valence-electron chi connectivity index (χ4n) is 0.412. The molecule has 17 heavy (non-hydrogen) atoms. The lowest BCUT2D eigenvalue weighted by atomic mass is 11.8. The largest absolute Gasteiger partial charge is 0.708 e. The Morgan fingerprint density at radius 1 is 0.941 bits per heavy atom. The molecule has 12 nitrogen and oxygen atoms in total. The molecule has 102 valence electrons. The van der Waals surface area contributed by atoms with Gasteiger partial charge in [-0.25, -0.2) is 13.7 Å². The smallest absolute Gasteiger partial charge is 0.302 e. The van der Waals surface area contributed by atoms with Crippen molar-refractivity contribution in [1.82, 2.24) is 0 Å². The number of hydrogen-bond acceptors (Lipinski definition) is 8. The first kappa shape index (κ1) is 17.5. The molecule has 4 N–H and O–H groups in total. The third kappa shape index (κ3) is 9.10. The van der Waals surface area contributed by atoms with Gasteiger partial charge >= 0.3 is 31.7 Å². The summed E-state index contributed by atoms with van der Waals surface area (Å²) in [5, 5.41) is 0. The maximum atomic E-state index is 10.9. The summed E-state index contributed by atoms with van der Waals surface area (Å²) in [6.07, 6.45) is 0. The zero-order chi connectivity index (χ0) is 13.9. The number of hydrogen-bond donors (Lipinski definition) is 4. The molecule has 0 radical (unpaired) electrons. The zero-order valence-electron chi connectivity index (χ0n) is 7.84. The van der Waals surface area contributed by atoms with Gasteiger partial charge in [-0.3, -0.25) is 4.89 Å². The molecule has 0 heterocycles. The fraction of sp³-hybridized carbons (Fsp3) is 1.00. The van der Waals surface area contributed by atoms with Gasteiger partial charge in [0.2, 0.25) is 0 Å². The highest BCUT2D eigenvalue weighted by atomic mass is 31.3. The summed E-state index contributed by atoms with van der Waals surface area (Å²) in [4.78, 5) is 33.7. The van der Waals surface area contributed by atoms with Crippen LogP contribution in [0.5, 0.6) is 0 Å². The molecule has 0 spiro atoms. The second-order valence-corrected chi connectivity index (χ2v) is 7.71. The Kier molecular flexibility index (Phi) is 6.24. The molecule has 0 amide bonds. The van der Waals surface area contributed by atoms with E-state index >= 15 is 0 Å². The van der Waals surface area contributed by atoms with E-state index in [-0.39, 0.29) is 0 Å². The van der Waals surface area contributed by atoms with E-state index < -0.39 is 31.7 Å². The van der Waals surface area contributed by atoms with Crippen LogP contribution in [0, 0.1) is 0 Å². The zero-order valence-corrected chi connectivity index (χ0v) is 11.4. The van der Waals surface area contributed by atoms with Crippen molar-refractivity contribution in [3.8, 4) is 0 Å². The molecule has 16 heteroatoms. The van der Waals surface area contributed by atoms with E-state index in [0.29, 0.717) is 0 Å². The van der Waals surface area contributed by atoms with Crippen molar-refractivity contribution in [2.45, 2.75) is 0 Å². The van der Waals surface area contributed by atoms with E-state index in [1.807, 2.05) is 0 Å². The molecule has 3 atom stereocenters. The summed E-state index contributed by atoms with van der Waals surface area (Å²) < 4.78 is 56.5. The fourth-order valence-corrected chi connectivity index (χ4v) is 4.25. The molecule has 0 saturated heterocycles. The summed E-state index contributed by atoms with van der Waals surface area (Å²) in [7, 11) is -18.7. The van der Waals surface area contributed by atoms with E-state index in [1.165, 1.54) is 0 Å². The maximum Gasteiger partial charge on any atom is 0.708 e. The van der Waals surface area contributed by atoms with E-state index in [9.17, 15) is 18.3 Å². The van der Waals surface area contributed by atoms with Gasteiger partial charge in [0.1, 0.15) is 0 Å².